The maximum Gasteiger partial charge on any atom is 0.214 e. The van der Waals surface area contributed by atoms with Gasteiger partial charge in [-0.05, 0) is 18.8 Å². The van der Waals surface area contributed by atoms with E-state index in [4.69, 9.17) is 0 Å². The van der Waals surface area contributed by atoms with E-state index >= 15 is 0 Å². The molecule has 0 amide bonds. The summed E-state index contributed by atoms with van der Waals surface area (Å²) < 4.78 is 26.8. The van der Waals surface area contributed by atoms with Crippen molar-refractivity contribution in [3.63, 3.8) is 0 Å². The molecule has 0 atom stereocenters. The van der Waals surface area contributed by atoms with E-state index in [1.807, 2.05) is 0 Å². The van der Waals surface area contributed by atoms with Gasteiger partial charge in [-0.15, -0.1) is 0 Å². The minimum absolute atomic E-state index is 0.129. The average molecular weight is 247 g/mol. The molecule has 0 aromatic carbocycles. The molecule has 1 saturated carbocycles. The summed E-state index contributed by atoms with van der Waals surface area (Å²) in [6.07, 6.45) is 7.11. The van der Waals surface area contributed by atoms with Gasteiger partial charge in [0.15, 0.2) is 0 Å². The summed E-state index contributed by atoms with van der Waals surface area (Å²) in [6, 6.07) is 0. The Bertz CT molecular complexity index is 277. The number of nitrogens with one attached hydrogen (secondary N) is 1. The van der Waals surface area contributed by atoms with E-state index in [0.29, 0.717) is 12.5 Å². The lowest BCUT2D eigenvalue weighted by Gasteiger charge is -2.23. The van der Waals surface area contributed by atoms with Gasteiger partial charge in [0.1, 0.15) is 0 Å². The lowest BCUT2D eigenvalue weighted by atomic mass is 10.0. The smallest absolute Gasteiger partial charge is 0.214 e. The van der Waals surface area contributed by atoms with Crippen LogP contribution in [0.25, 0.3) is 0 Å². The quantitative estimate of drug-likeness (QED) is 0.784. The molecule has 1 N–H and O–H groups in total. The van der Waals surface area contributed by atoms with Gasteiger partial charge in [-0.25, -0.2) is 13.1 Å². The van der Waals surface area contributed by atoms with Crippen molar-refractivity contribution >= 4 is 10.0 Å². The lowest BCUT2D eigenvalue weighted by Crippen LogP contribution is -2.38. The van der Waals surface area contributed by atoms with Crippen molar-refractivity contribution in [2.45, 2.75) is 64.0 Å². The van der Waals surface area contributed by atoms with Crippen molar-refractivity contribution in [2.75, 3.05) is 6.54 Å². The number of hydrogen-bond donors (Lipinski definition) is 1. The summed E-state index contributed by atoms with van der Waals surface area (Å²) in [4.78, 5) is 0. The first-order chi connectivity index (χ1) is 7.60. The van der Waals surface area contributed by atoms with Crippen LogP contribution in [0.2, 0.25) is 0 Å². The third-order valence-electron chi connectivity index (χ3n) is 3.72. The molecule has 1 fully saturated rings. The lowest BCUT2D eigenvalue weighted by molar-refractivity contribution is 0.455. The topological polar surface area (TPSA) is 46.2 Å². The Hall–Kier alpha value is -0.0900. The number of hydrogen-bond acceptors (Lipinski definition) is 2. The van der Waals surface area contributed by atoms with Gasteiger partial charge in [0.25, 0.3) is 0 Å². The van der Waals surface area contributed by atoms with Crippen LogP contribution < -0.4 is 4.72 Å². The summed E-state index contributed by atoms with van der Waals surface area (Å²) in [5.41, 5.74) is 0. The van der Waals surface area contributed by atoms with E-state index in [1.165, 1.54) is 6.42 Å². The van der Waals surface area contributed by atoms with Crippen molar-refractivity contribution in [3.05, 3.63) is 0 Å². The summed E-state index contributed by atoms with van der Waals surface area (Å²) >= 11 is 0. The second kappa shape index (κ2) is 6.60. The molecule has 0 spiro atoms. The van der Waals surface area contributed by atoms with Gasteiger partial charge < -0.3 is 0 Å². The molecule has 0 unspecified atom stereocenters. The molecule has 0 aromatic rings. The highest BCUT2D eigenvalue weighted by molar-refractivity contribution is 7.90. The van der Waals surface area contributed by atoms with Crippen molar-refractivity contribution < 1.29 is 8.42 Å². The molecular formula is C12H25NO2S. The molecule has 0 heterocycles. The summed E-state index contributed by atoms with van der Waals surface area (Å²) in [5.74, 6) is 0.485. The van der Waals surface area contributed by atoms with Crippen LogP contribution in [-0.2, 0) is 10.0 Å². The second-order valence-electron chi connectivity index (χ2n) is 4.84. The van der Waals surface area contributed by atoms with Crippen LogP contribution in [0.5, 0.6) is 0 Å². The first-order valence-corrected chi connectivity index (χ1v) is 8.13. The summed E-state index contributed by atoms with van der Waals surface area (Å²) in [6.45, 7) is 4.85. The van der Waals surface area contributed by atoms with Crippen LogP contribution in [0.3, 0.4) is 0 Å². The molecule has 96 valence electrons. The first-order valence-electron chi connectivity index (χ1n) is 6.58. The largest absolute Gasteiger partial charge is 0.215 e. The Morgan fingerprint density at radius 1 is 1.12 bits per heavy atom. The zero-order chi connectivity index (χ0) is 12.0. The molecule has 0 aliphatic heterocycles. The maximum absolute atomic E-state index is 12.0. The van der Waals surface area contributed by atoms with E-state index in [2.05, 4.69) is 18.6 Å². The number of sulfonamides is 1. The second-order valence-corrected chi connectivity index (χ2v) is 6.88. The fourth-order valence-corrected chi connectivity index (χ4v) is 3.96. The van der Waals surface area contributed by atoms with Gasteiger partial charge >= 0.3 is 0 Å². The van der Waals surface area contributed by atoms with E-state index in [1.54, 1.807) is 0 Å². The highest BCUT2D eigenvalue weighted by Gasteiger charge is 2.27. The van der Waals surface area contributed by atoms with Gasteiger partial charge in [0, 0.05) is 6.54 Å². The van der Waals surface area contributed by atoms with E-state index in [-0.39, 0.29) is 5.25 Å². The average Bonchev–Trinajstić information content (AvgIpc) is 2.31. The van der Waals surface area contributed by atoms with Crippen LogP contribution in [0.4, 0.5) is 0 Å². The molecule has 16 heavy (non-hydrogen) atoms. The third-order valence-corrected chi connectivity index (χ3v) is 5.64. The molecule has 1 aliphatic carbocycles. The summed E-state index contributed by atoms with van der Waals surface area (Å²) in [7, 11) is -3.05. The standard InChI is InChI=1S/C12H25NO2S/c1-3-11(4-2)10-13-16(14,15)12-8-6-5-7-9-12/h11-13H,3-10H2,1-2H3. The Kier molecular flexibility index (Phi) is 5.76. The van der Waals surface area contributed by atoms with Gasteiger partial charge in [0.2, 0.25) is 10.0 Å². The predicted molar refractivity (Wildman–Crippen MR) is 67.9 cm³/mol. The zero-order valence-electron chi connectivity index (χ0n) is 10.5. The van der Waals surface area contributed by atoms with Crippen LogP contribution in [0, 0.1) is 5.92 Å². The minimum Gasteiger partial charge on any atom is -0.215 e. The van der Waals surface area contributed by atoms with E-state index < -0.39 is 10.0 Å². The molecule has 3 nitrogen and oxygen atoms in total. The van der Waals surface area contributed by atoms with E-state index in [0.717, 1.165) is 38.5 Å². The molecule has 0 aromatic heterocycles. The van der Waals surface area contributed by atoms with Crippen molar-refractivity contribution in [3.8, 4) is 0 Å². The van der Waals surface area contributed by atoms with Gasteiger partial charge in [-0.2, -0.15) is 0 Å². The fraction of sp³-hybridized carbons (Fsp3) is 1.00. The molecule has 0 bridgehead atoms. The van der Waals surface area contributed by atoms with Crippen molar-refractivity contribution in [1.82, 2.24) is 4.72 Å². The van der Waals surface area contributed by atoms with Crippen LogP contribution in [0.15, 0.2) is 0 Å². The molecule has 0 radical (unpaired) electrons. The number of rotatable bonds is 6. The Morgan fingerprint density at radius 2 is 1.69 bits per heavy atom. The highest BCUT2D eigenvalue weighted by atomic mass is 32.2. The molecule has 1 aliphatic rings. The van der Waals surface area contributed by atoms with Crippen LogP contribution >= 0.6 is 0 Å². The fourth-order valence-electron chi connectivity index (χ4n) is 2.30. The summed E-state index contributed by atoms with van der Waals surface area (Å²) in [5, 5.41) is -0.129. The van der Waals surface area contributed by atoms with Gasteiger partial charge in [-0.3, -0.25) is 0 Å². The Labute approximate surface area is 100 Å². The predicted octanol–water partition coefficient (Wildman–Crippen LogP) is 2.67. The van der Waals surface area contributed by atoms with Crippen molar-refractivity contribution in [2.24, 2.45) is 5.92 Å². The Balaban J connectivity index is 2.44. The minimum atomic E-state index is -3.05. The van der Waals surface area contributed by atoms with Crippen molar-refractivity contribution in [1.29, 1.82) is 0 Å². The SMILES string of the molecule is CCC(CC)CNS(=O)(=O)C1CCCCC1. The van der Waals surface area contributed by atoms with Gasteiger partial charge in [-0.1, -0.05) is 46.0 Å². The normalized spacial score (nSPS) is 19.2. The molecular weight excluding hydrogens is 222 g/mol. The van der Waals surface area contributed by atoms with E-state index in [9.17, 15) is 8.42 Å². The zero-order valence-corrected chi connectivity index (χ0v) is 11.4. The molecule has 4 heteroatoms. The van der Waals surface area contributed by atoms with Crippen LogP contribution in [-0.4, -0.2) is 20.2 Å². The van der Waals surface area contributed by atoms with Crippen LogP contribution in [0.1, 0.15) is 58.8 Å². The highest BCUT2D eigenvalue weighted by Crippen LogP contribution is 2.23. The first kappa shape index (κ1) is 14.0. The molecule has 0 saturated heterocycles. The Morgan fingerprint density at radius 3 is 2.19 bits per heavy atom. The monoisotopic (exact) mass is 247 g/mol. The third kappa shape index (κ3) is 4.06. The van der Waals surface area contributed by atoms with Gasteiger partial charge in [0.05, 0.1) is 5.25 Å². The maximum atomic E-state index is 12.0. The molecule has 1 rings (SSSR count).